The summed E-state index contributed by atoms with van der Waals surface area (Å²) in [6, 6.07) is 35.2. The predicted molar refractivity (Wildman–Crippen MR) is 167 cm³/mol. The third kappa shape index (κ3) is 8.01. The van der Waals surface area contributed by atoms with E-state index in [2.05, 4.69) is 129 Å². The van der Waals surface area contributed by atoms with Crippen LogP contribution in [0.25, 0.3) is 0 Å². The molecule has 0 N–H and O–H groups in total. The fourth-order valence-corrected chi connectivity index (χ4v) is 12.7. The maximum atomic E-state index is 2.47. The molecule has 0 aliphatic rings. The Morgan fingerprint density at radius 2 is 1.14 bits per heavy atom. The molecule has 4 aromatic carbocycles. The summed E-state index contributed by atoms with van der Waals surface area (Å²) in [4.78, 5) is 0. The minimum Gasteiger partial charge on any atom is -0.214 e. The first-order valence-electron chi connectivity index (χ1n) is 13.1. The number of hydrogen-bond donors (Lipinski definition) is 0. The average Bonchev–Trinajstić information content (AvgIpc) is 3.50. The van der Waals surface area contributed by atoms with Crippen molar-refractivity contribution < 1.29 is 17.1 Å². The second-order valence-electron chi connectivity index (χ2n) is 11.6. The molecule has 0 bridgehead atoms. The van der Waals surface area contributed by atoms with E-state index < -0.39 is 7.92 Å². The van der Waals surface area contributed by atoms with Gasteiger partial charge < -0.3 is 0 Å². The van der Waals surface area contributed by atoms with Crippen molar-refractivity contribution in [2.45, 2.75) is 78.3 Å². The second kappa shape index (κ2) is 13.5. The molecule has 0 spiro atoms. The minimum atomic E-state index is -0.507. The summed E-state index contributed by atoms with van der Waals surface area (Å²) in [6.45, 7) is 21.6. The molecule has 1 unspecified atom stereocenters. The van der Waals surface area contributed by atoms with Crippen LogP contribution in [-0.4, -0.2) is 10.3 Å². The molecule has 0 aromatic heterocycles. The largest absolute Gasteiger partial charge is 2.00 e. The van der Waals surface area contributed by atoms with Gasteiger partial charge >= 0.3 is 17.1 Å². The van der Waals surface area contributed by atoms with Crippen molar-refractivity contribution >= 4 is 31.8 Å². The third-order valence-electron chi connectivity index (χ3n) is 6.55. The molecular weight excluding hydrogens is 526 g/mol. The van der Waals surface area contributed by atoms with E-state index in [9.17, 15) is 0 Å². The molecular formula is C34H44FeP2. The molecule has 0 fully saturated rings. The van der Waals surface area contributed by atoms with Gasteiger partial charge in [0.05, 0.1) is 0 Å². The second-order valence-corrected chi connectivity index (χ2v) is 17.9. The maximum absolute atomic E-state index is 2.47. The average molecular weight is 571 g/mol. The fraction of sp³-hybridized carbons (Fsp3) is 0.353. The van der Waals surface area contributed by atoms with E-state index in [-0.39, 0.29) is 35.3 Å². The summed E-state index contributed by atoms with van der Waals surface area (Å²) in [5.41, 5.74) is 4.85. The summed E-state index contributed by atoms with van der Waals surface area (Å²) < 4.78 is 0. The summed E-state index contributed by atoms with van der Waals surface area (Å²) in [7, 11) is -0.828. The van der Waals surface area contributed by atoms with Crippen LogP contribution in [0, 0.1) is 13.8 Å². The summed E-state index contributed by atoms with van der Waals surface area (Å²) in [5, 5.41) is 5.18. The van der Waals surface area contributed by atoms with Crippen LogP contribution in [0.15, 0.2) is 97.1 Å². The zero-order valence-electron chi connectivity index (χ0n) is 24.1. The van der Waals surface area contributed by atoms with Crippen LogP contribution in [-0.2, 0) is 17.1 Å². The number of benzene rings is 2. The Morgan fingerprint density at radius 1 is 0.676 bits per heavy atom. The van der Waals surface area contributed by atoms with Crippen molar-refractivity contribution in [1.82, 2.24) is 0 Å². The summed E-state index contributed by atoms with van der Waals surface area (Å²) in [5.74, 6) is 0. The van der Waals surface area contributed by atoms with Crippen molar-refractivity contribution in [3.05, 3.63) is 114 Å². The molecule has 0 radical (unpaired) electrons. The molecule has 0 aliphatic heterocycles. The van der Waals surface area contributed by atoms with Crippen LogP contribution in [0.5, 0.6) is 0 Å². The maximum Gasteiger partial charge on any atom is 2.00 e. The van der Waals surface area contributed by atoms with Crippen molar-refractivity contribution in [1.29, 1.82) is 0 Å². The predicted octanol–water partition coefficient (Wildman–Crippen LogP) is 9.32. The van der Waals surface area contributed by atoms with Crippen LogP contribution in [0.2, 0.25) is 0 Å². The van der Waals surface area contributed by atoms with Gasteiger partial charge in [0.25, 0.3) is 0 Å². The van der Waals surface area contributed by atoms with Gasteiger partial charge in [0.1, 0.15) is 0 Å². The van der Waals surface area contributed by atoms with Crippen molar-refractivity contribution in [2.75, 3.05) is 0 Å². The van der Waals surface area contributed by atoms with Gasteiger partial charge in [-0.15, -0.1) is 10.9 Å². The van der Waals surface area contributed by atoms with Crippen molar-refractivity contribution in [2.24, 2.45) is 0 Å². The summed E-state index contributed by atoms with van der Waals surface area (Å²) >= 11 is 0. The van der Waals surface area contributed by atoms with Gasteiger partial charge in [-0.1, -0.05) is 105 Å². The van der Waals surface area contributed by atoms with E-state index in [1.165, 1.54) is 21.7 Å². The Kier molecular flexibility index (Phi) is 11.6. The molecule has 0 heterocycles. The van der Waals surface area contributed by atoms with Crippen LogP contribution in [0.1, 0.15) is 70.8 Å². The third-order valence-corrected chi connectivity index (χ3v) is 13.2. The van der Waals surface area contributed by atoms with Crippen molar-refractivity contribution in [3.63, 3.8) is 0 Å². The molecule has 198 valence electrons. The van der Waals surface area contributed by atoms with Crippen LogP contribution in [0.3, 0.4) is 0 Å². The first-order chi connectivity index (χ1) is 16.9. The quantitative estimate of drug-likeness (QED) is 0.127. The molecule has 0 saturated heterocycles. The van der Waals surface area contributed by atoms with E-state index in [0.29, 0.717) is 5.66 Å². The molecule has 4 rings (SSSR count). The Morgan fingerprint density at radius 3 is 1.51 bits per heavy atom. The Hall–Kier alpha value is -1.48. The Bertz CT molecular complexity index is 1130. The van der Waals surface area contributed by atoms with Gasteiger partial charge in [-0.05, 0) is 59.5 Å². The molecule has 0 nitrogen and oxygen atoms in total. The first-order valence-corrected chi connectivity index (χ1v) is 15.8. The molecule has 37 heavy (non-hydrogen) atoms. The van der Waals surface area contributed by atoms with Crippen molar-refractivity contribution in [3.8, 4) is 0 Å². The van der Waals surface area contributed by atoms with Gasteiger partial charge in [-0.25, -0.2) is 24.3 Å². The van der Waals surface area contributed by atoms with E-state index >= 15 is 0 Å². The molecule has 3 heteroatoms. The monoisotopic (exact) mass is 570 g/mol. The SMILES string of the molecule is Cc1ccccc1P(c1ccccc1C)C(C)[c-]1cccc1P(C(C)(C)C)C(C)(C)C.[Fe+2].c1cc[cH-]c1. The summed E-state index contributed by atoms with van der Waals surface area (Å²) in [6.07, 6.45) is 0. The van der Waals surface area contributed by atoms with Gasteiger partial charge in [-0.3, -0.25) is 0 Å². The van der Waals surface area contributed by atoms with E-state index in [1.807, 2.05) is 30.3 Å². The first kappa shape index (κ1) is 31.7. The molecule has 0 aliphatic carbocycles. The zero-order chi connectivity index (χ0) is 26.5. The van der Waals surface area contributed by atoms with Crippen LogP contribution < -0.4 is 15.9 Å². The topological polar surface area (TPSA) is 0 Å². The molecule has 0 amide bonds. The zero-order valence-corrected chi connectivity index (χ0v) is 27.0. The molecule has 0 saturated carbocycles. The van der Waals surface area contributed by atoms with Gasteiger partial charge in [0, 0.05) is 0 Å². The minimum absolute atomic E-state index is 0. The van der Waals surface area contributed by atoms with E-state index in [4.69, 9.17) is 0 Å². The molecule has 1 atom stereocenters. The van der Waals surface area contributed by atoms with Gasteiger partial charge in [0.15, 0.2) is 0 Å². The Balaban J connectivity index is 0.000000716. The van der Waals surface area contributed by atoms with E-state index in [0.717, 1.165) is 0 Å². The fourth-order valence-electron chi connectivity index (χ4n) is 5.38. The van der Waals surface area contributed by atoms with Gasteiger partial charge in [-0.2, -0.15) is 24.3 Å². The number of hydrogen-bond acceptors (Lipinski definition) is 0. The smallest absolute Gasteiger partial charge is 0.214 e. The number of rotatable bonds is 5. The normalized spacial score (nSPS) is 12.6. The molecule has 4 aromatic rings. The van der Waals surface area contributed by atoms with Crippen LogP contribution >= 0.6 is 15.8 Å². The number of aryl methyl sites for hydroxylation is 2. The Labute approximate surface area is 240 Å². The van der Waals surface area contributed by atoms with Crippen LogP contribution in [0.4, 0.5) is 0 Å². The standard InChI is InChI=1S/C29H39P2.C5H5.Fe/c1-21-15-10-12-18-25(21)30(26-19-13-11-16-22(26)2)23(3)24-17-14-20-27(24)31(28(4,5)6)29(7,8)9;1-2-4-5-3-1;/h10-20,23H,1-9H3;1-5H;/q2*-1;+2. The van der Waals surface area contributed by atoms with E-state index in [1.54, 1.807) is 10.9 Å². The van der Waals surface area contributed by atoms with Gasteiger partial charge in [0.2, 0.25) is 0 Å².